The number of para-hydroxylation sites is 1. The predicted octanol–water partition coefficient (Wildman–Crippen LogP) is 3.32. The van der Waals surface area contributed by atoms with Gasteiger partial charge >= 0.3 is 5.97 Å². The molecule has 0 saturated heterocycles. The van der Waals surface area contributed by atoms with Crippen LogP contribution >= 0.6 is 0 Å². The Morgan fingerprint density at radius 2 is 1.67 bits per heavy atom. The number of rotatable bonds is 7. The molecular weight excluding hydrogens is 268 g/mol. The number of hydrogen-bond acceptors (Lipinski definition) is 4. The maximum atomic E-state index is 11.9. The van der Waals surface area contributed by atoms with E-state index < -0.39 is 0 Å². The Balaban J connectivity index is 1.78. The highest BCUT2D eigenvalue weighted by Crippen LogP contribution is 2.14. The summed E-state index contributed by atoms with van der Waals surface area (Å²) in [5.74, 6) is 1.03. The fourth-order valence-electron chi connectivity index (χ4n) is 1.77. The zero-order valence-electron chi connectivity index (χ0n) is 12.0. The van der Waals surface area contributed by atoms with Gasteiger partial charge in [0, 0.05) is 0 Å². The first-order chi connectivity index (χ1) is 10.3. The SMILES string of the molecule is CCOc1cccc(C(=O)OCCOc2ccccc2)c1. The normalized spacial score (nSPS) is 9.95. The summed E-state index contributed by atoms with van der Waals surface area (Å²) in [5, 5.41) is 0. The van der Waals surface area contributed by atoms with Crippen LogP contribution in [0.15, 0.2) is 54.6 Å². The van der Waals surface area contributed by atoms with Gasteiger partial charge in [0.1, 0.15) is 24.7 Å². The van der Waals surface area contributed by atoms with Gasteiger partial charge in [-0.1, -0.05) is 24.3 Å². The van der Waals surface area contributed by atoms with E-state index >= 15 is 0 Å². The average Bonchev–Trinajstić information content (AvgIpc) is 2.53. The van der Waals surface area contributed by atoms with Gasteiger partial charge in [-0.15, -0.1) is 0 Å². The standard InChI is InChI=1S/C17H18O4/c1-2-19-16-10-6-7-14(13-16)17(18)21-12-11-20-15-8-4-3-5-9-15/h3-10,13H,2,11-12H2,1H3. The van der Waals surface area contributed by atoms with Gasteiger partial charge < -0.3 is 14.2 Å². The Kier molecular flexibility index (Phi) is 5.64. The molecule has 0 heterocycles. The number of carbonyl (C=O) groups excluding carboxylic acids is 1. The van der Waals surface area contributed by atoms with Crippen LogP contribution in [0.2, 0.25) is 0 Å². The lowest BCUT2D eigenvalue weighted by Gasteiger charge is -2.08. The monoisotopic (exact) mass is 286 g/mol. The van der Waals surface area contributed by atoms with Gasteiger partial charge in [0.15, 0.2) is 0 Å². The molecule has 0 amide bonds. The van der Waals surface area contributed by atoms with Crippen LogP contribution in [0, 0.1) is 0 Å². The molecule has 2 rings (SSSR count). The summed E-state index contributed by atoms with van der Waals surface area (Å²) in [6.45, 7) is 2.98. The van der Waals surface area contributed by atoms with Crippen molar-refractivity contribution in [2.75, 3.05) is 19.8 Å². The lowest BCUT2D eigenvalue weighted by atomic mass is 10.2. The van der Waals surface area contributed by atoms with Gasteiger partial charge in [-0.2, -0.15) is 0 Å². The number of carbonyl (C=O) groups is 1. The molecule has 0 atom stereocenters. The summed E-state index contributed by atoms with van der Waals surface area (Å²) in [6.07, 6.45) is 0. The van der Waals surface area contributed by atoms with Crippen LogP contribution in [0.3, 0.4) is 0 Å². The second kappa shape index (κ2) is 7.94. The first-order valence-corrected chi connectivity index (χ1v) is 6.87. The minimum atomic E-state index is -0.381. The van der Waals surface area contributed by atoms with Gasteiger partial charge in [-0.25, -0.2) is 4.79 Å². The Labute approximate surface area is 124 Å². The second-order valence-corrected chi connectivity index (χ2v) is 4.26. The Bertz CT molecular complexity index is 566. The van der Waals surface area contributed by atoms with Crippen LogP contribution in [-0.4, -0.2) is 25.8 Å². The summed E-state index contributed by atoms with van der Waals surface area (Å²) in [6, 6.07) is 16.3. The summed E-state index contributed by atoms with van der Waals surface area (Å²) in [5.41, 5.74) is 0.473. The maximum absolute atomic E-state index is 11.9. The molecule has 0 spiro atoms. The van der Waals surface area contributed by atoms with Gasteiger partial charge in [0.25, 0.3) is 0 Å². The lowest BCUT2D eigenvalue weighted by molar-refractivity contribution is 0.0450. The molecule has 0 N–H and O–H groups in total. The van der Waals surface area contributed by atoms with Gasteiger partial charge in [0.2, 0.25) is 0 Å². The molecule has 4 heteroatoms. The molecule has 0 aliphatic carbocycles. The van der Waals surface area contributed by atoms with E-state index in [4.69, 9.17) is 14.2 Å². The Morgan fingerprint density at radius 1 is 0.905 bits per heavy atom. The zero-order valence-corrected chi connectivity index (χ0v) is 12.0. The minimum Gasteiger partial charge on any atom is -0.494 e. The molecule has 21 heavy (non-hydrogen) atoms. The molecule has 0 radical (unpaired) electrons. The summed E-state index contributed by atoms with van der Waals surface area (Å²) < 4.78 is 16.0. The fraction of sp³-hybridized carbons (Fsp3) is 0.235. The topological polar surface area (TPSA) is 44.8 Å². The molecular formula is C17H18O4. The van der Waals surface area contributed by atoms with Crippen molar-refractivity contribution >= 4 is 5.97 Å². The fourth-order valence-corrected chi connectivity index (χ4v) is 1.77. The van der Waals surface area contributed by atoms with Crippen LogP contribution in [0.4, 0.5) is 0 Å². The molecule has 0 saturated carbocycles. The highest BCUT2D eigenvalue weighted by Gasteiger charge is 2.08. The number of benzene rings is 2. The zero-order chi connectivity index (χ0) is 14.9. The third-order valence-corrected chi connectivity index (χ3v) is 2.71. The van der Waals surface area contributed by atoms with Crippen LogP contribution in [0.1, 0.15) is 17.3 Å². The van der Waals surface area contributed by atoms with Crippen molar-refractivity contribution in [1.82, 2.24) is 0 Å². The number of ether oxygens (including phenoxy) is 3. The maximum Gasteiger partial charge on any atom is 0.338 e. The van der Waals surface area contributed by atoms with E-state index in [9.17, 15) is 4.79 Å². The van der Waals surface area contributed by atoms with Crippen molar-refractivity contribution < 1.29 is 19.0 Å². The Hall–Kier alpha value is -2.49. The Morgan fingerprint density at radius 3 is 2.43 bits per heavy atom. The van der Waals surface area contributed by atoms with Crippen molar-refractivity contribution in [3.63, 3.8) is 0 Å². The summed E-state index contributed by atoms with van der Waals surface area (Å²) in [7, 11) is 0. The van der Waals surface area contributed by atoms with E-state index in [0.29, 0.717) is 24.5 Å². The summed E-state index contributed by atoms with van der Waals surface area (Å²) >= 11 is 0. The molecule has 0 aliphatic rings. The molecule has 0 fully saturated rings. The summed E-state index contributed by atoms with van der Waals surface area (Å²) in [4.78, 5) is 11.9. The molecule has 0 aromatic heterocycles. The predicted molar refractivity (Wildman–Crippen MR) is 79.8 cm³/mol. The number of hydrogen-bond donors (Lipinski definition) is 0. The molecule has 4 nitrogen and oxygen atoms in total. The molecule has 0 unspecified atom stereocenters. The van der Waals surface area contributed by atoms with E-state index in [1.54, 1.807) is 24.3 Å². The lowest BCUT2D eigenvalue weighted by Crippen LogP contribution is -2.12. The van der Waals surface area contributed by atoms with Crippen LogP contribution in [-0.2, 0) is 4.74 Å². The van der Waals surface area contributed by atoms with E-state index in [-0.39, 0.29) is 12.6 Å². The smallest absolute Gasteiger partial charge is 0.338 e. The molecule has 0 bridgehead atoms. The largest absolute Gasteiger partial charge is 0.494 e. The molecule has 110 valence electrons. The van der Waals surface area contributed by atoms with Gasteiger partial charge in [-0.3, -0.25) is 0 Å². The van der Waals surface area contributed by atoms with E-state index in [1.807, 2.05) is 37.3 Å². The highest BCUT2D eigenvalue weighted by molar-refractivity contribution is 5.89. The third-order valence-electron chi connectivity index (χ3n) is 2.71. The van der Waals surface area contributed by atoms with E-state index in [0.717, 1.165) is 5.75 Å². The van der Waals surface area contributed by atoms with Gasteiger partial charge in [0.05, 0.1) is 12.2 Å². The number of esters is 1. The van der Waals surface area contributed by atoms with Crippen molar-refractivity contribution in [3.05, 3.63) is 60.2 Å². The molecule has 2 aromatic carbocycles. The molecule has 2 aromatic rings. The van der Waals surface area contributed by atoms with Crippen molar-refractivity contribution in [1.29, 1.82) is 0 Å². The van der Waals surface area contributed by atoms with E-state index in [1.165, 1.54) is 0 Å². The first-order valence-electron chi connectivity index (χ1n) is 6.87. The first kappa shape index (κ1) is 14.9. The minimum absolute atomic E-state index is 0.201. The van der Waals surface area contributed by atoms with Crippen LogP contribution in [0.5, 0.6) is 11.5 Å². The van der Waals surface area contributed by atoms with Crippen molar-refractivity contribution in [3.8, 4) is 11.5 Å². The highest BCUT2D eigenvalue weighted by atomic mass is 16.6. The van der Waals surface area contributed by atoms with Crippen LogP contribution < -0.4 is 9.47 Å². The third kappa shape index (κ3) is 4.84. The second-order valence-electron chi connectivity index (χ2n) is 4.26. The van der Waals surface area contributed by atoms with Crippen molar-refractivity contribution in [2.45, 2.75) is 6.92 Å². The van der Waals surface area contributed by atoms with Crippen molar-refractivity contribution in [2.24, 2.45) is 0 Å². The van der Waals surface area contributed by atoms with Gasteiger partial charge in [-0.05, 0) is 37.3 Å². The van der Waals surface area contributed by atoms with E-state index in [2.05, 4.69) is 0 Å². The quantitative estimate of drug-likeness (QED) is 0.578. The molecule has 0 aliphatic heterocycles. The average molecular weight is 286 g/mol. The van der Waals surface area contributed by atoms with Crippen LogP contribution in [0.25, 0.3) is 0 Å².